The second kappa shape index (κ2) is 7.76. The normalized spacial score (nSPS) is 12.8. The van der Waals surface area contributed by atoms with Crippen LogP contribution in [0.1, 0.15) is 40.5 Å². The molecule has 4 nitrogen and oxygen atoms in total. The third-order valence-electron chi connectivity index (χ3n) is 1.81. The van der Waals surface area contributed by atoms with Gasteiger partial charge in [0.2, 0.25) is 0 Å². The van der Waals surface area contributed by atoms with Crippen LogP contribution in [0.25, 0.3) is 0 Å². The number of hydrogen-bond donors (Lipinski definition) is 2. The highest BCUT2D eigenvalue weighted by molar-refractivity contribution is 5.67. The van der Waals surface area contributed by atoms with Crippen molar-refractivity contribution >= 4 is 6.09 Å². The number of alkyl carbamates (subject to hydrolysis) is 1. The Bertz CT molecular complexity index is 288. The maximum Gasteiger partial charge on any atom is 0.407 e. The molecule has 1 amide bonds. The van der Waals surface area contributed by atoms with E-state index in [1.165, 1.54) is 0 Å². The van der Waals surface area contributed by atoms with Gasteiger partial charge >= 0.3 is 6.09 Å². The molecule has 0 aliphatic rings. The van der Waals surface area contributed by atoms with Crippen LogP contribution in [0.15, 0.2) is 23.9 Å². The molecular formula is C13H24N2O2. The maximum atomic E-state index is 11.3. The molecule has 0 heterocycles. The number of amides is 1. The Balaban J connectivity index is 3.83. The summed E-state index contributed by atoms with van der Waals surface area (Å²) in [6.45, 7) is 7.77. The molecule has 0 saturated heterocycles. The first-order valence-electron chi connectivity index (χ1n) is 5.87. The van der Waals surface area contributed by atoms with Crippen LogP contribution in [0.2, 0.25) is 0 Å². The lowest BCUT2D eigenvalue weighted by atomic mass is 10.2. The van der Waals surface area contributed by atoms with Gasteiger partial charge in [-0.2, -0.15) is 0 Å². The Morgan fingerprint density at radius 3 is 2.53 bits per heavy atom. The van der Waals surface area contributed by atoms with Crippen molar-refractivity contribution in [1.82, 2.24) is 5.32 Å². The van der Waals surface area contributed by atoms with Gasteiger partial charge in [-0.05, 0) is 40.5 Å². The third-order valence-corrected chi connectivity index (χ3v) is 1.81. The van der Waals surface area contributed by atoms with Crippen molar-refractivity contribution in [1.29, 1.82) is 0 Å². The molecule has 0 aliphatic heterocycles. The van der Waals surface area contributed by atoms with E-state index in [-0.39, 0.29) is 0 Å². The molecule has 0 saturated carbocycles. The minimum absolute atomic E-state index is 0.324. The van der Waals surface area contributed by atoms with Crippen LogP contribution >= 0.6 is 0 Å². The molecule has 0 fully saturated rings. The molecule has 0 aliphatic carbocycles. The van der Waals surface area contributed by atoms with E-state index in [4.69, 9.17) is 10.5 Å². The van der Waals surface area contributed by atoms with E-state index in [0.29, 0.717) is 12.2 Å². The lowest BCUT2D eigenvalue weighted by Gasteiger charge is -2.19. The van der Waals surface area contributed by atoms with E-state index in [0.717, 1.165) is 12.8 Å². The molecule has 3 N–H and O–H groups in total. The summed E-state index contributed by atoms with van der Waals surface area (Å²) in [6.07, 6.45) is 7.39. The summed E-state index contributed by atoms with van der Waals surface area (Å²) >= 11 is 0. The zero-order valence-electron chi connectivity index (χ0n) is 11.2. The number of carbonyl (C=O) groups excluding carboxylic acids is 1. The highest BCUT2D eigenvalue weighted by atomic mass is 16.6. The van der Waals surface area contributed by atoms with Gasteiger partial charge in [-0.1, -0.05) is 18.2 Å². The quantitative estimate of drug-likeness (QED) is 0.573. The smallest absolute Gasteiger partial charge is 0.407 e. The average molecular weight is 240 g/mol. The Morgan fingerprint density at radius 2 is 2.00 bits per heavy atom. The lowest BCUT2D eigenvalue weighted by Crippen LogP contribution is -2.34. The molecule has 0 aromatic heterocycles. The van der Waals surface area contributed by atoms with Crippen molar-refractivity contribution in [3.8, 4) is 0 Å². The van der Waals surface area contributed by atoms with Crippen molar-refractivity contribution in [2.45, 2.75) is 46.1 Å². The fourth-order valence-corrected chi connectivity index (χ4v) is 1.09. The highest BCUT2D eigenvalue weighted by Crippen LogP contribution is 2.06. The summed E-state index contributed by atoms with van der Waals surface area (Å²) in [5, 5.41) is 2.61. The van der Waals surface area contributed by atoms with Crippen molar-refractivity contribution in [2.24, 2.45) is 5.73 Å². The second-order valence-corrected chi connectivity index (χ2v) is 4.78. The predicted octanol–water partition coefficient (Wildman–Crippen LogP) is 2.71. The molecule has 0 atom stereocenters. The number of unbranched alkanes of at least 4 members (excludes halogenated alkanes) is 1. The van der Waals surface area contributed by atoms with Gasteiger partial charge in [0.25, 0.3) is 0 Å². The monoisotopic (exact) mass is 240 g/mol. The fourth-order valence-electron chi connectivity index (χ4n) is 1.09. The Kier molecular flexibility index (Phi) is 7.10. The number of nitrogens with two attached hydrogens (primary N) is 1. The van der Waals surface area contributed by atoms with Crippen LogP contribution < -0.4 is 11.1 Å². The van der Waals surface area contributed by atoms with E-state index >= 15 is 0 Å². The number of allylic oxidation sites excluding steroid dienone is 3. The summed E-state index contributed by atoms with van der Waals surface area (Å²) in [5.41, 5.74) is 5.91. The lowest BCUT2D eigenvalue weighted by molar-refractivity contribution is 0.0532. The Hall–Kier alpha value is -1.45. The molecule has 0 unspecified atom stereocenters. The third kappa shape index (κ3) is 10.8. The van der Waals surface area contributed by atoms with Gasteiger partial charge in [0.15, 0.2) is 0 Å². The summed E-state index contributed by atoms with van der Waals surface area (Å²) in [5.74, 6) is 0. The standard InChI is InChI=1S/C13H24N2O2/c1-5-6-7-8-9-11(14)10-15-12(16)17-13(2,3)4/h5-6,9H,7-8,10,14H2,1-4H3,(H,15,16)/b6-5+,11-9-. The first-order valence-corrected chi connectivity index (χ1v) is 5.87. The van der Waals surface area contributed by atoms with Crippen LogP contribution in [0, 0.1) is 0 Å². The summed E-state index contributed by atoms with van der Waals surface area (Å²) < 4.78 is 5.09. The van der Waals surface area contributed by atoms with E-state index in [1.54, 1.807) is 0 Å². The molecule has 0 aromatic carbocycles. The van der Waals surface area contributed by atoms with Gasteiger partial charge in [-0.15, -0.1) is 0 Å². The van der Waals surface area contributed by atoms with Crippen molar-refractivity contribution in [2.75, 3.05) is 6.54 Å². The van der Waals surface area contributed by atoms with Crippen LogP contribution in [0.3, 0.4) is 0 Å². The van der Waals surface area contributed by atoms with Crippen LogP contribution in [0.4, 0.5) is 4.79 Å². The molecule has 0 radical (unpaired) electrons. The highest BCUT2D eigenvalue weighted by Gasteiger charge is 2.15. The topological polar surface area (TPSA) is 64.3 Å². The maximum absolute atomic E-state index is 11.3. The number of carbonyl (C=O) groups is 1. The zero-order chi connectivity index (χ0) is 13.3. The van der Waals surface area contributed by atoms with Crippen LogP contribution in [0.5, 0.6) is 0 Å². The summed E-state index contributed by atoms with van der Waals surface area (Å²) in [4.78, 5) is 11.3. The average Bonchev–Trinajstić information content (AvgIpc) is 2.19. The zero-order valence-corrected chi connectivity index (χ0v) is 11.2. The summed E-state index contributed by atoms with van der Waals surface area (Å²) in [6, 6.07) is 0. The van der Waals surface area contributed by atoms with E-state index < -0.39 is 11.7 Å². The Labute approximate surface area is 104 Å². The van der Waals surface area contributed by atoms with Crippen molar-refractivity contribution < 1.29 is 9.53 Å². The van der Waals surface area contributed by atoms with E-state index in [9.17, 15) is 4.79 Å². The molecule has 0 rings (SSSR count). The van der Waals surface area contributed by atoms with E-state index in [2.05, 4.69) is 11.4 Å². The van der Waals surface area contributed by atoms with Gasteiger partial charge in [0.05, 0.1) is 6.54 Å². The van der Waals surface area contributed by atoms with Gasteiger partial charge in [-0.25, -0.2) is 4.79 Å². The van der Waals surface area contributed by atoms with Gasteiger partial charge in [-0.3, -0.25) is 0 Å². The van der Waals surface area contributed by atoms with E-state index in [1.807, 2.05) is 39.8 Å². The molecule has 0 bridgehead atoms. The first-order chi connectivity index (χ1) is 7.85. The molecule has 17 heavy (non-hydrogen) atoms. The van der Waals surface area contributed by atoms with Gasteiger partial charge in [0, 0.05) is 5.70 Å². The number of nitrogens with one attached hydrogen (secondary N) is 1. The van der Waals surface area contributed by atoms with Crippen LogP contribution in [-0.2, 0) is 4.74 Å². The minimum Gasteiger partial charge on any atom is -0.444 e. The number of ether oxygens (including phenoxy) is 1. The number of hydrogen-bond acceptors (Lipinski definition) is 3. The fraction of sp³-hybridized carbons (Fsp3) is 0.615. The minimum atomic E-state index is -0.478. The largest absolute Gasteiger partial charge is 0.444 e. The molecule has 0 aromatic rings. The molecule has 0 spiro atoms. The van der Waals surface area contributed by atoms with Crippen LogP contribution in [-0.4, -0.2) is 18.2 Å². The SMILES string of the molecule is C/C=C/CC/C=C(\N)CNC(=O)OC(C)(C)C. The van der Waals surface area contributed by atoms with Gasteiger partial charge < -0.3 is 15.8 Å². The van der Waals surface area contributed by atoms with Crippen molar-refractivity contribution in [3.63, 3.8) is 0 Å². The molecular weight excluding hydrogens is 216 g/mol. The predicted molar refractivity (Wildman–Crippen MR) is 70.6 cm³/mol. The van der Waals surface area contributed by atoms with Gasteiger partial charge in [0.1, 0.15) is 5.60 Å². The molecule has 98 valence electrons. The second-order valence-electron chi connectivity index (χ2n) is 4.78. The molecule has 4 heteroatoms. The summed E-state index contributed by atoms with van der Waals surface area (Å²) in [7, 11) is 0. The number of rotatable bonds is 5. The first kappa shape index (κ1) is 15.6. The Morgan fingerprint density at radius 1 is 1.35 bits per heavy atom. The van der Waals surface area contributed by atoms with Crippen molar-refractivity contribution in [3.05, 3.63) is 23.9 Å².